The fourth-order valence-electron chi connectivity index (χ4n) is 3.48. The van der Waals surface area contributed by atoms with E-state index < -0.39 is 5.91 Å². The molecule has 3 aromatic carbocycles. The van der Waals surface area contributed by atoms with Crippen molar-refractivity contribution < 1.29 is 18.7 Å². The SMILES string of the molecule is COc1ccc(NC(=O)c2oc3ccccc3c2NC(=O)c2cc(C)cc(C)c2)cc1. The van der Waals surface area contributed by atoms with E-state index >= 15 is 0 Å². The molecule has 0 unspecified atom stereocenters. The van der Waals surface area contributed by atoms with Gasteiger partial charge in [-0.1, -0.05) is 29.3 Å². The standard InChI is InChI=1S/C25H22N2O4/c1-15-12-16(2)14-17(13-15)24(28)27-22-20-6-4-5-7-21(20)31-23(22)25(29)26-18-8-10-19(30-3)11-9-18/h4-14H,1-3H3,(H,26,29)(H,27,28). The van der Waals surface area contributed by atoms with Crippen LogP contribution >= 0.6 is 0 Å². The van der Waals surface area contributed by atoms with E-state index in [0.29, 0.717) is 33.7 Å². The van der Waals surface area contributed by atoms with E-state index in [4.69, 9.17) is 9.15 Å². The summed E-state index contributed by atoms with van der Waals surface area (Å²) >= 11 is 0. The number of nitrogens with one attached hydrogen (secondary N) is 2. The molecule has 0 radical (unpaired) electrons. The lowest BCUT2D eigenvalue weighted by Gasteiger charge is -2.09. The van der Waals surface area contributed by atoms with Gasteiger partial charge in [-0.05, 0) is 62.4 Å². The maximum absolute atomic E-state index is 13.0. The van der Waals surface area contributed by atoms with Crippen LogP contribution in [0.5, 0.6) is 5.75 Å². The maximum atomic E-state index is 13.0. The molecule has 1 heterocycles. The van der Waals surface area contributed by atoms with E-state index in [1.807, 2.05) is 44.2 Å². The minimum Gasteiger partial charge on any atom is -0.497 e. The number of benzene rings is 3. The van der Waals surface area contributed by atoms with Gasteiger partial charge in [0.2, 0.25) is 5.76 Å². The first-order valence-electron chi connectivity index (χ1n) is 9.81. The predicted molar refractivity (Wildman–Crippen MR) is 121 cm³/mol. The number of fused-ring (bicyclic) bond motifs is 1. The van der Waals surface area contributed by atoms with Crippen LogP contribution in [0.1, 0.15) is 32.0 Å². The fraction of sp³-hybridized carbons (Fsp3) is 0.120. The molecule has 0 saturated heterocycles. The summed E-state index contributed by atoms with van der Waals surface area (Å²) in [5.41, 5.74) is 3.92. The molecule has 0 spiro atoms. The fourth-order valence-corrected chi connectivity index (χ4v) is 3.48. The first-order chi connectivity index (χ1) is 14.9. The summed E-state index contributed by atoms with van der Waals surface area (Å²) < 4.78 is 11.0. The van der Waals surface area contributed by atoms with E-state index in [0.717, 1.165) is 11.1 Å². The van der Waals surface area contributed by atoms with Crippen molar-refractivity contribution in [1.29, 1.82) is 0 Å². The average molecular weight is 414 g/mol. The largest absolute Gasteiger partial charge is 0.497 e. The van der Waals surface area contributed by atoms with Crippen LogP contribution in [-0.2, 0) is 0 Å². The molecule has 0 atom stereocenters. The van der Waals surface area contributed by atoms with Crippen molar-refractivity contribution in [3.8, 4) is 5.75 Å². The lowest BCUT2D eigenvalue weighted by Crippen LogP contribution is -2.17. The topological polar surface area (TPSA) is 80.6 Å². The van der Waals surface area contributed by atoms with Gasteiger partial charge in [0, 0.05) is 16.6 Å². The minimum atomic E-state index is -0.461. The Morgan fingerprint density at radius 1 is 0.839 bits per heavy atom. The van der Waals surface area contributed by atoms with Crippen LogP contribution in [-0.4, -0.2) is 18.9 Å². The molecule has 6 heteroatoms. The van der Waals surface area contributed by atoms with E-state index in [1.54, 1.807) is 43.5 Å². The van der Waals surface area contributed by atoms with Gasteiger partial charge < -0.3 is 19.8 Å². The van der Waals surface area contributed by atoms with Gasteiger partial charge in [-0.2, -0.15) is 0 Å². The van der Waals surface area contributed by atoms with Gasteiger partial charge in [0.1, 0.15) is 17.0 Å². The zero-order chi connectivity index (χ0) is 22.0. The van der Waals surface area contributed by atoms with Crippen molar-refractivity contribution in [2.75, 3.05) is 17.7 Å². The monoisotopic (exact) mass is 414 g/mol. The lowest BCUT2D eigenvalue weighted by atomic mass is 10.1. The number of amides is 2. The third-order valence-electron chi connectivity index (χ3n) is 4.87. The normalized spacial score (nSPS) is 10.7. The molecule has 4 aromatic rings. The van der Waals surface area contributed by atoms with Crippen LogP contribution in [0.25, 0.3) is 11.0 Å². The summed E-state index contributed by atoms with van der Waals surface area (Å²) in [4.78, 5) is 26.0. The van der Waals surface area contributed by atoms with Gasteiger partial charge in [0.15, 0.2) is 0 Å². The number of hydrogen-bond donors (Lipinski definition) is 2. The number of aryl methyl sites for hydroxylation is 2. The number of rotatable bonds is 5. The second-order valence-electron chi connectivity index (χ2n) is 7.32. The first kappa shape index (κ1) is 20.2. The van der Waals surface area contributed by atoms with Crippen molar-refractivity contribution in [3.05, 3.63) is 89.2 Å². The number of methoxy groups -OCH3 is 1. The van der Waals surface area contributed by atoms with Crippen molar-refractivity contribution in [2.24, 2.45) is 0 Å². The molecule has 156 valence electrons. The maximum Gasteiger partial charge on any atom is 0.293 e. The zero-order valence-electron chi connectivity index (χ0n) is 17.5. The molecule has 0 aliphatic carbocycles. The number of anilines is 2. The Hall–Kier alpha value is -4.06. The molecule has 1 aromatic heterocycles. The van der Waals surface area contributed by atoms with Crippen molar-refractivity contribution in [1.82, 2.24) is 0 Å². The Morgan fingerprint density at radius 2 is 1.52 bits per heavy atom. The van der Waals surface area contributed by atoms with Crippen LogP contribution in [0.4, 0.5) is 11.4 Å². The molecule has 0 aliphatic rings. The van der Waals surface area contributed by atoms with Crippen LogP contribution in [0.3, 0.4) is 0 Å². The van der Waals surface area contributed by atoms with Gasteiger partial charge in [0.25, 0.3) is 11.8 Å². The quantitative estimate of drug-likeness (QED) is 0.448. The summed E-state index contributed by atoms with van der Waals surface area (Å²) in [5, 5.41) is 6.33. The molecular formula is C25H22N2O4. The summed E-state index contributed by atoms with van der Waals surface area (Å²) in [6.07, 6.45) is 0. The average Bonchev–Trinajstić information content (AvgIpc) is 3.12. The zero-order valence-corrected chi connectivity index (χ0v) is 17.5. The van der Waals surface area contributed by atoms with Crippen LogP contribution in [0, 0.1) is 13.8 Å². The van der Waals surface area contributed by atoms with Crippen molar-refractivity contribution in [2.45, 2.75) is 13.8 Å². The summed E-state index contributed by atoms with van der Waals surface area (Å²) in [6.45, 7) is 3.87. The van der Waals surface area contributed by atoms with Crippen LogP contribution < -0.4 is 15.4 Å². The van der Waals surface area contributed by atoms with E-state index in [1.165, 1.54) is 0 Å². The third-order valence-corrected chi connectivity index (χ3v) is 4.87. The molecule has 2 amide bonds. The summed E-state index contributed by atoms with van der Waals surface area (Å²) in [6, 6.07) is 19.8. The number of furan rings is 1. The molecule has 0 saturated carbocycles. The predicted octanol–water partition coefficient (Wildman–Crippen LogP) is 5.56. The number of carbonyl (C=O) groups excluding carboxylic acids is 2. The molecule has 0 bridgehead atoms. The molecule has 0 fully saturated rings. The Kier molecular flexibility index (Phi) is 5.45. The highest BCUT2D eigenvalue weighted by Crippen LogP contribution is 2.32. The molecule has 2 N–H and O–H groups in total. The van der Waals surface area contributed by atoms with E-state index in [9.17, 15) is 9.59 Å². The summed E-state index contributed by atoms with van der Waals surface area (Å²) in [7, 11) is 1.58. The van der Waals surface area contributed by atoms with E-state index in [-0.39, 0.29) is 11.7 Å². The second kappa shape index (κ2) is 8.36. The second-order valence-corrected chi connectivity index (χ2v) is 7.32. The van der Waals surface area contributed by atoms with Crippen molar-refractivity contribution >= 4 is 34.2 Å². The van der Waals surface area contributed by atoms with E-state index in [2.05, 4.69) is 10.6 Å². The molecular weight excluding hydrogens is 392 g/mol. The minimum absolute atomic E-state index is 0.0368. The Balaban J connectivity index is 1.68. The highest BCUT2D eigenvalue weighted by atomic mass is 16.5. The highest BCUT2D eigenvalue weighted by molar-refractivity contribution is 6.16. The summed E-state index contributed by atoms with van der Waals surface area (Å²) in [5.74, 6) is -0.0492. The number of para-hydroxylation sites is 1. The van der Waals surface area contributed by atoms with Gasteiger partial charge >= 0.3 is 0 Å². The Morgan fingerprint density at radius 3 is 2.19 bits per heavy atom. The lowest BCUT2D eigenvalue weighted by molar-refractivity contribution is 0.0999. The third kappa shape index (κ3) is 4.28. The van der Waals surface area contributed by atoms with Gasteiger partial charge in [-0.3, -0.25) is 9.59 Å². The Labute approximate surface area is 179 Å². The number of carbonyl (C=O) groups is 2. The molecule has 4 rings (SSSR count). The number of hydrogen-bond acceptors (Lipinski definition) is 4. The van der Waals surface area contributed by atoms with Gasteiger partial charge in [-0.15, -0.1) is 0 Å². The van der Waals surface area contributed by atoms with Gasteiger partial charge in [-0.25, -0.2) is 0 Å². The smallest absolute Gasteiger partial charge is 0.293 e. The molecule has 6 nitrogen and oxygen atoms in total. The first-order valence-corrected chi connectivity index (χ1v) is 9.81. The van der Waals surface area contributed by atoms with Crippen LogP contribution in [0.15, 0.2) is 71.1 Å². The van der Waals surface area contributed by atoms with Crippen LogP contribution in [0.2, 0.25) is 0 Å². The number of ether oxygens (including phenoxy) is 1. The molecule has 0 aliphatic heterocycles. The van der Waals surface area contributed by atoms with Gasteiger partial charge in [0.05, 0.1) is 7.11 Å². The molecule has 31 heavy (non-hydrogen) atoms. The Bertz CT molecular complexity index is 1250. The highest BCUT2D eigenvalue weighted by Gasteiger charge is 2.23. The van der Waals surface area contributed by atoms with Crippen molar-refractivity contribution in [3.63, 3.8) is 0 Å².